The number of H-pyrrole nitrogens is 1. The highest BCUT2D eigenvalue weighted by molar-refractivity contribution is 5.72. The highest BCUT2D eigenvalue weighted by Crippen LogP contribution is 2.49. The Labute approximate surface area is 176 Å². The van der Waals surface area contributed by atoms with Gasteiger partial charge >= 0.3 is 0 Å². The summed E-state index contributed by atoms with van der Waals surface area (Å²) in [5.74, 6) is 1.07. The van der Waals surface area contributed by atoms with E-state index >= 15 is 0 Å². The van der Waals surface area contributed by atoms with Crippen LogP contribution in [0.2, 0.25) is 0 Å². The van der Waals surface area contributed by atoms with Crippen molar-refractivity contribution in [2.24, 2.45) is 0 Å². The fraction of sp³-hybridized carbons (Fsp3) is 0.320. The van der Waals surface area contributed by atoms with Crippen LogP contribution in [0.3, 0.4) is 0 Å². The van der Waals surface area contributed by atoms with Gasteiger partial charge < -0.3 is 9.88 Å². The van der Waals surface area contributed by atoms with Crippen LogP contribution in [0.1, 0.15) is 48.2 Å². The Balaban J connectivity index is 1.42. The van der Waals surface area contributed by atoms with Crippen molar-refractivity contribution in [2.45, 2.75) is 44.4 Å². The van der Waals surface area contributed by atoms with E-state index in [1.807, 2.05) is 18.6 Å². The fourth-order valence-electron chi connectivity index (χ4n) is 5.11. The number of hydrogen-bond acceptors (Lipinski definition) is 4. The molecule has 5 nitrogen and oxygen atoms in total. The first kappa shape index (κ1) is 17.6. The smallest absolute Gasteiger partial charge is 0.177 e. The van der Waals surface area contributed by atoms with E-state index in [9.17, 15) is 0 Å². The van der Waals surface area contributed by atoms with E-state index in [4.69, 9.17) is 4.98 Å². The molecule has 150 valence electrons. The monoisotopic (exact) mass is 395 g/mol. The van der Waals surface area contributed by atoms with E-state index in [1.165, 1.54) is 35.3 Å². The summed E-state index contributed by atoms with van der Waals surface area (Å²) >= 11 is 0. The molecule has 30 heavy (non-hydrogen) atoms. The molecule has 0 saturated heterocycles. The van der Waals surface area contributed by atoms with Gasteiger partial charge in [0, 0.05) is 36.5 Å². The lowest BCUT2D eigenvalue weighted by molar-refractivity contribution is 0.287. The Morgan fingerprint density at radius 2 is 1.90 bits per heavy atom. The minimum absolute atomic E-state index is 0.0113. The van der Waals surface area contributed by atoms with Gasteiger partial charge in [-0.05, 0) is 73.6 Å². The average molecular weight is 396 g/mol. The number of nitrogens with one attached hydrogen (secondary N) is 1. The molecule has 1 aliphatic heterocycles. The van der Waals surface area contributed by atoms with Crippen LogP contribution in [0.15, 0.2) is 55.0 Å². The van der Waals surface area contributed by atoms with Gasteiger partial charge in [0.05, 0.1) is 10.9 Å². The third-order valence-electron chi connectivity index (χ3n) is 6.86. The maximum Gasteiger partial charge on any atom is 0.177 e. The summed E-state index contributed by atoms with van der Waals surface area (Å²) in [7, 11) is 0. The number of aromatic nitrogens is 4. The molecule has 4 heterocycles. The van der Waals surface area contributed by atoms with E-state index in [-0.39, 0.29) is 5.41 Å². The van der Waals surface area contributed by atoms with E-state index in [0.29, 0.717) is 0 Å². The molecule has 0 radical (unpaired) electrons. The Hall–Kier alpha value is -3.21. The molecule has 3 aromatic heterocycles. The van der Waals surface area contributed by atoms with Crippen molar-refractivity contribution in [3.63, 3.8) is 0 Å². The molecule has 0 spiro atoms. The predicted molar refractivity (Wildman–Crippen MR) is 119 cm³/mol. The van der Waals surface area contributed by atoms with Crippen LogP contribution in [-0.4, -0.2) is 26.5 Å². The Morgan fingerprint density at radius 1 is 1.03 bits per heavy atom. The molecular weight excluding hydrogens is 370 g/mol. The molecule has 0 unspecified atom stereocenters. The number of imidazole rings is 1. The van der Waals surface area contributed by atoms with Crippen LogP contribution in [0.25, 0.3) is 11.2 Å². The number of rotatable bonds is 3. The van der Waals surface area contributed by atoms with Gasteiger partial charge in [0.2, 0.25) is 0 Å². The highest BCUT2D eigenvalue weighted by atomic mass is 15.1. The molecule has 1 saturated carbocycles. The van der Waals surface area contributed by atoms with Crippen molar-refractivity contribution in [3.8, 4) is 0 Å². The fourth-order valence-corrected chi connectivity index (χ4v) is 5.11. The summed E-state index contributed by atoms with van der Waals surface area (Å²) < 4.78 is 0. The van der Waals surface area contributed by atoms with Crippen molar-refractivity contribution in [1.29, 1.82) is 0 Å². The van der Waals surface area contributed by atoms with Crippen LogP contribution >= 0.6 is 0 Å². The van der Waals surface area contributed by atoms with Gasteiger partial charge in [0.25, 0.3) is 0 Å². The van der Waals surface area contributed by atoms with Crippen LogP contribution in [0, 0.1) is 6.92 Å². The van der Waals surface area contributed by atoms with E-state index in [0.717, 1.165) is 48.4 Å². The minimum Gasteiger partial charge on any atom is -0.341 e. The second-order valence-electron chi connectivity index (χ2n) is 8.71. The van der Waals surface area contributed by atoms with Crippen LogP contribution in [0.4, 0.5) is 11.4 Å². The molecule has 1 fully saturated rings. The number of aromatic amines is 1. The first-order chi connectivity index (χ1) is 14.7. The number of benzene rings is 1. The lowest BCUT2D eigenvalue weighted by Crippen LogP contribution is -2.37. The molecular formula is C25H25N5. The standard InChI is InChI=1S/C25H25N5/c1-17-14-21-23(27-16-17)29-24(28-21)25(9-3-10-25)19-5-6-22-18(15-19)4-2-13-30(22)20-7-11-26-12-8-20/h5-8,11-12,14-16H,2-4,9-10,13H2,1H3,(H,27,28,29). The summed E-state index contributed by atoms with van der Waals surface area (Å²) in [5.41, 5.74) is 8.38. The SMILES string of the molecule is Cc1cnc2nc(C3(c4ccc5c(c4)CCCN5c4ccncc4)CCC3)[nH]c2c1. The predicted octanol–water partition coefficient (Wildman–Crippen LogP) is 5.22. The lowest BCUT2D eigenvalue weighted by atomic mass is 9.63. The topological polar surface area (TPSA) is 57.7 Å². The first-order valence-electron chi connectivity index (χ1n) is 10.9. The van der Waals surface area contributed by atoms with Gasteiger partial charge in [0.1, 0.15) is 5.82 Å². The number of nitrogens with zero attached hydrogens (tertiary/aromatic N) is 4. The van der Waals surface area contributed by atoms with Crippen molar-refractivity contribution in [2.75, 3.05) is 11.4 Å². The Bertz CT molecular complexity index is 1220. The molecule has 5 heteroatoms. The van der Waals surface area contributed by atoms with Crippen LogP contribution in [-0.2, 0) is 11.8 Å². The summed E-state index contributed by atoms with van der Waals surface area (Å²) in [6, 6.07) is 13.4. The quantitative estimate of drug-likeness (QED) is 0.517. The van der Waals surface area contributed by atoms with Crippen molar-refractivity contribution >= 4 is 22.5 Å². The number of pyridine rings is 2. The molecule has 1 N–H and O–H groups in total. The zero-order valence-corrected chi connectivity index (χ0v) is 17.2. The van der Waals surface area contributed by atoms with E-state index in [2.05, 4.69) is 63.2 Å². The van der Waals surface area contributed by atoms with Crippen LogP contribution < -0.4 is 4.90 Å². The first-order valence-corrected chi connectivity index (χ1v) is 10.9. The Morgan fingerprint density at radius 3 is 2.70 bits per heavy atom. The van der Waals surface area contributed by atoms with Crippen molar-refractivity contribution in [1.82, 2.24) is 19.9 Å². The number of aryl methyl sites for hydroxylation is 2. The highest BCUT2D eigenvalue weighted by Gasteiger charge is 2.43. The van der Waals surface area contributed by atoms with Gasteiger partial charge in [-0.2, -0.15) is 0 Å². The Kier molecular flexibility index (Phi) is 3.91. The maximum absolute atomic E-state index is 4.91. The summed E-state index contributed by atoms with van der Waals surface area (Å²) in [5, 5.41) is 0. The second-order valence-corrected chi connectivity index (χ2v) is 8.71. The molecule has 1 aromatic carbocycles. The molecule has 4 aromatic rings. The third kappa shape index (κ3) is 2.65. The van der Waals surface area contributed by atoms with Gasteiger partial charge in [-0.25, -0.2) is 9.97 Å². The minimum atomic E-state index is -0.0113. The maximum atomic E-state index is 4.91. The number of hydrogen-bond donors (Lipinski definition) is 1. The molecule has 0 amide bonds. The van der Waals surface area contributed by atoms with E-state index in [1.54, 1.807) is 0 Å². The molecule has 2 aliphatic rings. The molecule has 0 bridgehead atoms. The van der Waals surface area contributed by atoms with Gasteiger partial charge in [-0.15, -0.1) is 0 Å². The molecule has 6 rings (SSSR count). The third-order valence-corrected chi connectivity index (χ3v) is 6.86. The van der Waals surface area contributed by atoms with Crippen molar-refractivity contribution in [3.05, 3.63) is 77.5 Å². The second kappa shape index (κ2) is 6.66. The number of anilines is 2. The normalized spacial score (nSPS) is 17.6. The van der Waals surface area contributed by atoms with Gasteiger partial charge in [-0.3, -0.25) is 4.98 Å². The zero-order chi connectivity index (χ0) is 20.1. The summed E-state index contributed by atoms with van der Waals surface area (Å²) in [6.07, 6.45) is 11.5. The van der Waals surface area contributed by atoms with Gasteiger partial charge in [-0.1, -0.05) is 18.6 Å². The lowest BCUT2D eigenvalue weighted by Gasteiger charge is -2.42. The summed E-state index contributed by atoms with van der Waals surface area (Å²) in [4.78, 5) is 19.6. The average Bonchev–Trinajstić information content (AvgIpc) is 3.16. The van der Waals surface area contributed by atoms with Crippen LogP contribution in [0.5, 0.6) is 0 Å². The van der Waals surface area contributed by atoms with Gasteiger partial charge in [0.15, 0.2) is 5.65 Å². The number of fused-ring (bicyclic) bond motifs is 2. The van der Waals surface area contributed by atoms with E-state index < -0.39 is 0 Å². The molecule has 0 atom stereocenters. The summed E-state index contributed by atoms with van der Waals surface area (Å²) in [6.45, 7) is 3.13. The zero-order valence-electron chi connectivity index (χ0n) is 17.2. The molecule has 1 aliphatic carbocycles. The largest absolute Gasteiger partial charge is 0.341 e. The van der Waals surface area contributed by atoms with Crippen molar-refractivity contribution < 1.29 is 0 Å².